The predicted octanol–water partition coefficient (Wildman–Crippen LogP) is 4.01. The van der Waals surface area contributed by atoms with E-state index in [1.807, 2.05) is 54.6 Å². The van der Waals surface area contributed by atoms with Gasteiger partial charge in [0.05, 0.1) is 18.8 Å². The van der Waals surface area contributed by atoms with Gasteiger partial charge in [-0.25, -0.2) is 4.98 Å². The molecule has 0 fully saturated rings. The van der Waals surface area contributed by atoms with Crippen LogP contribution < -0.4 is 15.4 Å². The topological polar surface area (TPSA) is 71.7 Å². The van der Waals surface area contributed by atoms with Gasteiger partial charge < -0.3 is 19.8 Å². The Hall–Kier alpha value is -2.55. The molecule has 2 aromatic carbocycles. The number of aromatic nitrogens is 1. The molecule has 3 aromatic rings. The maximum absolute atomic E-state index is 5.70. The van der Waals surface area contributed by atoms with Crippen LogP contribution in [0, 0.1) is 6.92 Å². The second-order valence-corrected chi connectivity index (χ2v) is 6.02. The van der Waals surface area contributed by atoms with Crippen molar-refractivity contribution in [2.45, 2.75) is 13.5 Å². The molecule has 6 nitrogen and oxygen atoms in total. The van der Waals surface area contributed by atoms with Gasteiger partial charge in [-0.2, -0.15) is 0 Å². The summed E-state index contributed by atoms with van der Waals surface area (Å²) in [6, 6.07) is 17.8. The summed E-state index contributed by atoms with van der Waals surface area (Å²) in [4.78, 5) is 8.70. The summed E-state index contributed by atoms with van der Waals surface area (Å²) in [5.41, 5.74) is 2.99. The number of ether oxygens (including phenoxy) is 1. The number of halogens is 1. The highest BCUT2D eigenvalue weighted by Crippen LogP contribution is 2.17. The normalized spacial score (nSPS) is 10.9. The molecule has 3 rings (SSSR count). The molecule has 0 saturated carbocycles. The Kier molecular flexibility index (Phi) is 8.80. The minimum atomic E-state index is 0. The van der Waals surface area contributed by atoms with E-state index in [1.54, 1.807) is 13.3 Å². The van der Waals surface area contributed by atoms with Gasteiger partial charge in [0.25, 0.3) is 0 Å². The van der Waals surface area contributed by atoms with Gasteiger partial charge >= 0.3 is 0 Å². The van der Waals surface area contributed by atoms with E-state index in [-0.39, 0.29) is 24.0 Å². The predicted molar refractivity (Wildman–Crippen MR) is 122 cm³/mol. The Balaban J connectivity index is 0.00000280. The highest BCUT2D eigenvalue weighted by molar-refractivity contribution is 14.0. The molecule has 1 aromatic heterocycles. The van der Waals surface area contributed by atoms with Crippen LogP contribution >= 0.6 is 24.0 Å². The minimum Gasteiger partial charge on any atom is -0.492 e. The Bertz CT molecular complexity index is 864. The molecular formula is C21H25IN4O2. The fourth-order valence-electron chi connectivity index (χ4n) is 2.47. The van der Waals surface area contributed by atoms with Gasteiger partial charge in [-0.3, -0.25) is 4.99 Å². The molecular weight excluding hydrogens is 467 g/mol. The second kappa shape index (κ2) is 11.3. The lowest BCUT2D eigenvalue weighted by molar-refractivity contribution is 0.322. The van der Waals surface area contributed by atoms with Crippen LogP contribution in [0.15, 0.2) is 70.3 Å². The van der Waals surface area contributed by atoms with Gasteiger partial charge in [0.15, 0.2) is 5.96 Å². The van der Waals surface area contributed by atoms with E-state index < -0.39 is 0 Å². The Morgan fingerprint density at radius 3 is 2.54 bits per heavy atom. The molecule has 0 amide bonds. The molecule has 0 atom stereocenters. The number of rotatable bonds is 7. The van der Waals surface area contributed by atoms with E-state index in [1.165, 1.54) is 5.56 Å². The van der Waals surface area contributed by atoms with E-state index in [0.717, 1.165) is 17.0 Å². The van der Waals surface area contributed by atoms with Gasteiger partial charge in [-0.15, -0.1) is 24.0 Å². The van der Waals surface area contributed by atoms with Gasteiger partial charge in [0, 0.05) is 12.6 Å². The van der Waals surface area contributed by atoms with Crippen molar-refractivity contribution in [1.29, 1.82) is 0 Å². The molecule has 0 spiro atoms. The van der Waals surface area contributed by atoms with Crippen LogP contribution in [0.3, 0.4) is 0 Å². The van der Waals surface area contributed by atoms with Gasteiger partial charge in [0.2, 0.25) is 5.89 Å². The van der Waals surface area contributed by atoms with E-state index in [9.17, 15) is 0 Å². The van der Waals surface area contributed by atoms with Crippen molar-refractivity contribution < 1.29 is 9.15 Å². The van der Waals surface area contributed by atoms with Crippen LogP contribution in [0.4, 0.5) is 0 Å². The largest absolute Gasteiger partial charge is 0.492 e. The van der Waals surface area contributed by atoms with Crippen molar-refractivity contribution in [1.82, 2.24) is 15.6 Å². The lowest BCUT2D eigenvalue weighted by Gasteiger charge is -2.11. The molecule has 0 aliphatic carbocycles. The fraction of sp³-hybridized carbons (Fsp3) is 0.238. The van der Waals surface area contributed by atoms with Crippen LogP contribution in [0.25, 0.3) is 11.5 Å². The summed E-state index contributed by atoms with van der Waals surface area (Å²) in [6.07, 6.45) is 1.66. The molecule has 2 N–H and O–H groups in total. The maximum Gasteiger partial charge on any atom is 0.226 e. The van der Waals surface area contributed by atoms with Crippen molar-refractivity contribution in [3.05, 3.63) is 72.1 Å². The van der Waals surface area contributed by atoms with Crippen LogP contribution in [-0.4, -0.2) is 31.1 Å². The fourth-order valence-corrected chi connectivity index (χ4v) is 2.47. The average molecular weight is 492 g/mol. The number of hydrogen-bond donors (Lipinski definition) is 2. The van der Waals surface area contributed by atoms with Crippen LogP contribution in [0.1, 0.15) is 11.3 Å². The van der Waals surface area contributed by atoms with Crippen LogP contribution in [0.5, 0.6) is 5.75 Å². The number of guanidine groups is 1. The third-order valence-corrected chi connectivity index (χ3v) is 3.92. The first-order valence-electron chi connectivity index (χ1n) is 8.88. The maximum atomic E-state index is 5.70. The van der Waals surface area contributed by atoms with Crippen LogP contribution in [0.2, 0.25) is 0 Å². The molecule has 1 heterocycles. The summed E-state index contributed by atoms with van der Waals surface area (Å²) < 4.78 is 11.2. The van der Waals surface area contributed by atoms with Crippen molar-refractivity contribution in [2.24, 2.45) is 4.99 Å². The van der Waals surface area contributed by atoms with Gasteiger partial charge in [-0.1, -0.05) is 35.9 Å². The lowest BCUT2D eigenvalue weighted by atomic mass is 10.2. The smallest absolute Gasteiger partial charge is 0.226 e. The highest BCUT2D eigenvalue weighted by atomic mass is 127. The Labute approximate surface area is 182 Å². The Morgan fingerprint density at radius 2 is 1.82 bits per heavy atom. The number of benzene rings is 2. The zero-order chi connectivity index (χ0) is 18.9. The van der Waals surface area contributed by atoms with E-state index >= 15 is 0 Å². The number of aliphatic imine (C=N–C) groups is 1. The summed E-state index contributed by atoms with van der Waals surface area (Å²) in [5, 5.41) is 6.43. The SMILES string of the molecule is CN=C(NCCOc1ccc(C)cc1)NCc1coc(-c2ccccc2)n1.I. The third kappa shape index (κ3) is 6.56. The number of nitrogens with one attached hydrogen (secondary N) is 2. The quantitative estimate of drug-likeness (QED) is 0.226. The summed E-state index contributed by atoms with van der Waals surface area (Å²) >= 11 is 0. The van der Waals surface area contributed by atoms with E-state index in [4.69, 9.17) is 9.15 Å². The highest BCUT2D eigenvalue weighted by Gasteiger charge is 2.07. The number of hydrogen-bond acceptors (Lipinski definition) is 4. The Morgan fingerprint density at radius 1 is 1.07 bits per heavy atom. The molecule has 0 aliphatic rings. The molecule has 7 heteroatoms. The van der Waals surface area contributed by atoms with Crippen molar-refractivity contribution in [3.63, 3.8) is 0 Å². The standard InChI is InChI=1S/C21H24N4O2.HI/c1-16-8-10-19(11-9-16)26-13-12-23-21(22-2)24-14-18-15-27-20(25-18)17-6-4-3-5-7-17;/h3-11,15H,12-14H2,1-2H3,(H2,22,23,24);1H. The first-order chi connectivity index (χ1) is 13.2. The molecule has 148 valence electrons. The first kappa shape index (κ1) is 21.7. The summed E-state index contributed by atoms with van der Waals surface area (Å²) in [6.45, 7) is 3.76. The first-order valence-corrected chi connectivity index (χ1v) is 8.88. The molecule has 0 radical (unpaired) electrons. The number of aryl methyl sites for hydroxylation is 1. The monoisotopic (exact) mass is 492 g/mol. The number of nitrogens with zero attached hydrogens (tertiary/aromatic N) is 2. The molecule has 0 aliphatic heterocycles. The van der Waals surface area contributed by atoms with Gasteiger partial charge in [0.1, 0.15) is 18.6 Å². The van der Waals surface area contributed by atoms with Crippen molar-refractivity contribution in [2.75, 3.05) is 20.2 Å². The zero-order valence-electron chi connectivity index (χ0n) is 16.0. The molecule has 0 unspecified atom stereocenters. The second-order valence-electron chi connectivity index (χ2n) is 6.02. The van der Waals surface area contributed by atoms with Crippen molar-refractivity contribution >= 4 is 29.9 Å². The molecule has 28 heavy (non-hydrogen) atoms. The minimum absolute atomic E-state index is 0. The van der Waals surface area contributed by atoms with Crippen molar-refractivity contribution in [3.8, 4) is 17.2 Å². The average Bonchev–Trinajstić information content (AvgIpc) is 3.18. The summed E-state index contributed by atoms with van der Waals surface area (Å²) in [7, 11) is 1.73. The zero-order valence-corrected chi connectivity index (χ0v) is 18.3. The molecule has 0 bridgehead atoms. The van der Waals surface area contributed by atoms with E-state index in [0.29, 0.717) is 31.5 Å². The number of oxazole rings is 1. The van der Waals surface area contributed by atoms with Crippen LogP contribution in [-0.2, 0) is 6.54 Å². The summed E-state index contributed by atoms with van der Waals surface area (Å²) in [5.74, 6) is 2.16. The third-order valence-electron chi connectivity index (χ3n) is 3.92. The van der Waals surface area contributed by atoms with E-state index in [2.05, 4.69) is 27.5 Å². The lowest BCUT2D eigenvalue weighted by Crippen LogP contribution is -2.38. The molecule has 0 saturated heterocycles. The van der Waals surface area contributed by atoms with Gasteiger partial charge in [-0.05, 0) is 31.2 Å².